The van der Waals surface area contributed by atoms with E-state index in [1.165, 1.54) is 0 Å². The Labute approximate surface area is 102 Å². The van der Waals surface area contributed by atoms with Gasteiger partial charge in [-0.3, -0.25) is 9.78 Å². The standard InChI is InChI=1S/C13H19N3O/c1-11-8-14-6-3-7-16(13(11)17)10-12-4-2-5-15-9-12/h2,4-5,9,11,14H,3,6-8,10H2,1H3. The molecule has 0 bridgehead atoms. The third-order valence-electron chi connectivity index (χ3n) is 3.06. The molecule has 1 unspecified atom stereocenters. The van der Waals surface area contributed by atoms with Crippen molar-refractivity contribution >= 4 is 5.91 Å². The van der Waals surface area contributed by atoms with E-state index in [-0.39, 0.29) is 11.8 Å². The van der Waals surface area contributed by atoms with E-state index in [0.717, 1.165) is 31.6 Å². The first kappa shape index (κ1) is 12.0. The summed E-state index contributed by atoms with van der Waals surface area (Å²) in [5, 5.41) is 3.29. The van der Waals surface area contributed by atoms with Crippen molar-refractivity contribution in [3.63, 3.8) is 0 Å². The Morgan fingerprint density at radius 3 is 3.24 bits per heavy atom. The minimum atomic E-state index is 0.0620. The second kappa shape index (κ2) is 5.77. The number of carbonyl (C=O) groups is 1. The van der Waals surface area contributed by atoms with Gasteiger partial charge in [0.15, 0.2) is 0 Å². The van der Waals surface area contributed by atoms with Gasteiger partial charge in [0.05, 0.1) is 0 Å². The van der Waals surface area contributed by atoms with Crippen LogP contribution in [0.5, 0.6) is 0 Å². The van der Waals surface area contributed by atoms with Gasteiger partial charge in [-0.2, -0.15) is 0 Å². The van der Waals surface area contributed by atoms with Gasteiger partial charge in [0, 0.05) is 37.9 Å². The third kappa shape index (κ3) is 3.27. The van der Waals surface area contributed by atoms with E-state index in [1.807, 2.05) is 30.2 Å². The molecule has 4 heteroatoms. The molecule has 2 heterocycles. The van der Waals surface area contributed by atoms with Crippen molar-refractivity contribution in [3.8, 4) is 0 Å². The molecular weight excluding hydrogens is 214 g/mol. The van der Waals surface area contributed by atoms with E-state index in [2.05, 4.69) is 10.3 Å². The van der Waals surface area contributed by atoms with E-state index in [9.17, 15) is 4.79 Å². The first-order chi connectivity index (χ1) is 8.27. The minimum absolute atomic E-state index is 0.0620. The highest BCUT2D eigenvalue weighted by Gasteiger charge is 2.21. The lowest BCUT2D eigenvalue weighted by Crippen LogP contribution is -2.42. The van der Waals surface area contributed by atoms with Crippen molar-refractivity contribution in [2.45, 2.75) is 19.9 Å². The number of hydrogen-bond acceptors (Lipinski definition) is 3. The fourth-order valence-electron chi connectivity index (χ4n) is 2.09. The molecule has 0 radical (unpaired) electrons. The SMILES string of the molecule is CC1CNCCCN(Cc2cccnc2)C1=O. The second-order valence-corrected chi connectivity index (χ2v) is 4.58. The van der Waals surface area contributed by atoms with Crippen LogP contribution in [0.15, 0.2) is 24.5 Å². The first-order valence-corrected chi connectivity index (χ1v) is 6.16. The molecule has 1 saturated heterocycles. The van der Waals surface area contributed by atoms with Gasteiger partial charge in [-0.25, -0.2) is 0 Å². The Hall–Kier alpha value is -1.42. The highest BCUT2D eigenvalue weighted by molar-refractivity contribution is 5.78. The van der Waals surface area contributed by atoms with Crippen molar-refractivity contribution in [2.75, 3.05) is 19.6 Å². The van der Waals surface area contributed by atoms with Gasteiger partial charge in [0.2, 0.25) is 5.91 Å². The van der Waals surface area contributed by atoms with Gasteiger partial charge in [0.1, 0.15) is 0 Å². The van der Waals surface area contributed by atoms with Crippen LogP contribution < -0.4 is 5.32 Å². The summed E-state index contributed by atoms with van der Waals surface area (Å²) in [6.07, 6.45) is 4.60. The van der Waals surface area contributed by atoms with Crippen LogP contribution in [0.25, 0.3) is 0 Å². The summed E-state index contributed by atoms with van der Waals surface area (Å²) < 4.78 is 0. The zero-order valence-corrected chi connectivity index (χ0v) is 10.2. The summed E-state index contributed by atoms with van der Waals surface area (Å²) >= 11 is 0. The van der Waals surface area contributed by atoms with E-state index >= 15 is 0 Å². The van der Waals surface area contributed by atoms with Crippen molar-refractivity contribution in [3.05, 3.63) is 30.1 Å². The topological polar surface area (TPSA) is 45.2 Å². The van der Waals surface area contributed by atoms with Gasteiger partial charge in [-0.1, -0.05) is 13.0 Å². The number of rotatable bonds is 2. The number of nitrogens with one attached hydrogen (secondary N) is 1. The molecule has 1 N–H and O–H groups in total. The molecule has 4 nitrogen and oxygen atoms in total. The van der Waals surface area contributed by atoms with Gasteiger partial charge in [-0.05, 0) is 24.6 Å². The Bertz CT molecular complexity index is 366. The van der Waals surface area contributed by atoms with Crippen LogP contribution in [0.3, 0.4) is 0 Å². The number of amides is 1. The Morgan fingerprint density at radius 1 is 1.59 bits per heavy atom. The molecule has 17 heavy (non-hydrogen) atoms. The molecule has 1 aliphatic heterocycles. The van der Waals surface area contributed by atoms with E-state index in [4.69, 9.17) is 0 Å². The van der Waals surface area contributed by atoms with Crippen LogP contribution in [-0.4, -0.2) is 35.4 Å². The molecule has 2 rings (SSSR count). The molecule has 1 amide bonds. The molecule has 1 aromatic rings. The van der Waals surface area contributed by atoms with Crippen LogP contribution in [0, 0.1) is 5.92 Å². The van der Waals surface area contributed by atoms with Gasteiger partial charge in [-0.15, -0.1) is 0 Å². The maximum absolute atomic E-state index is 12.2. The van der Waals surface area contributed by atoms with Crippen LogP contribution >= 0.6 is 0 Å². The van der Waals surface area contributed by atoms with Crippen molar-refractivity contribution in [2.24, 2.45) is 5.92 Å². The van der Waals surface area contributed by atoms with Crippen LogP contribution in [0.1, 0.15) is 18.9 Å². The Kier molecular flexibility index (Phi) is 4.09. The molecule has 92 valence electrons. The highest BCUT2D eigenvalue weighted by atomic mass is 16.2. The maximum atomic E-state index is 12.2. The lowest BCUT2D eigenvalue weighted by Gasteiger charge is -2.28. The average Bonchev–Trinajstić information content (AvgIpc) is 2.36. The van der Waals surface area contributed by atoms with Crippen molar-refractivity contribution < 1.29 is 4.79 Å². The summed E-state index contributed by atoms with van der Waals surface area (Å²) in [4.78, 5) is 18.2. The number of pyridine rings is 1. The summed E-state index contributed by atoms with van der Waals surface area (Å²) in [5.41, 5.74) is 1.10. The first-order valence-electron chi connectivity index (χ1n) is 6.16. The predicted molar refractivity (Wildman–Crippen MR) is 66.3 cm³/mol. The molecule has 1 atom stereocenters. The average molecular weight is 233 g/mol. The van der Waals surface area contributed by atoms with Gasteiger partial charge >= 0.3 is 0 Å². The zero-order valence-electron chi connectivity index (χ0n) is 10.2. The molecule has 0 spiro atoms. The van der Waals surface area contributed by atoms with Crippen LogP contribution in [0.4, 0.5) is 0 Å². The number of hydrogen-bond donors (Lipinski definition) is 1. The fourth-order valence-corrected chi connectivity index (χ4v) is 2.09. The normalized spacial score (nSPS) is 22.1. The summed E-state index contributed by atoms with van der Waals surface area (Å²) in [5.74, 6) is 0.299. The summed E-state index contributed by atoms with van der Waals surface area (Å²) in [6.45, 7) is 5.25. The van der Waals surface area contributed by atoms with Gasteiger partial charge < -0.3 is 10.2 Å². The monoisotopic (exact) mass is 233 g/mol. The lowest BCUT2D eigenvalue weighted by molar-refractivity contribution is -0.136. The van der Waals surface area contributed by atoms with Crippen LogP contribution in [0.2, 0.25) is 0 Å². The van der Waals surface area contributed by atoms with E-state index in [1.54, 1.807) is 6.20 Å². The molecule has 1 fully saturated rings. The number of aromatic nitrogens is 1. The van der Waals surface area contributed by atoms with Crippen LogP contribution in [-0.2, 0) is 11.3 Å². The fraction of sp³-hybridized carbons (Fsp3) is 0.538. The predicted octanol–water partition coefficient (Wildman–Crippen LogP) is 1.04. The Balaban J connectivity index is 2.04. The molecule has 1 aliphatic rings. The molecule has 1 aromatic heterocycles. The quantitative estimate of drug-likeness (QED) is 0.830. The van der Waals surface area contributed by atoms with E-state index < -0.39 is 0 Å². The maximum Gasteiger partial charge on any atom is 0.226 e. The van der Waals surface area contributed by atoms with Gasteiger partial charge in [0.25, 0.3) is 0 Å². The summed E-state index contributed by atoms with van der Waals surface area (Å²) in [7, 11) is 0. The summed E-state index contributed by atoms with van der Waals surface area (Å²) in [6, 6.07) is 3.93. The van der Waals surface area contributed by atoms with E-state index in [0.29, 0.717) is 6.54 Å². The largest absolute Gasteiger partial charge is 0.338 e. The molecule has 0 saturated carbocycles. The molecule has 0 aromatic carbocycles. The number of nitrogens with zero attached hydrogens (tertiary/aromatic N) is 2. The lowest BCUT2D eigenvalue weighted by atomic mass is 10.1. The third-order valence-corrected chi connectivity index (χ3v) is 3.06. The molecular formula is C13H19N3O. The van der Waals surface area contributed by atoms with Crippen molar-refractivity contribution in [1.29, 1.82) is 0 Å². The molecule has 0 aliphatic carbocycles. The smallest absolute Gasteiger partial charge is 0.226 e. The van der Waals surface area contributed by atoms with Crippen molar-refractivity contribution in [1.82, 2.24) is 15.2 Å². The number of carbonyl (C=O) groups excluding carboxylic acids is 1. The second-order valence-electron chi connectivity index (χ2n) is 4.58. The highest BCUT2D eigenvalue weighted by Crippen LogP contribution is 2.10. The minimum Gasteiger partial charge on any atom is -0.338 e. The Morgan fingerprint density at radius 2 is 2.47 bits per heavy atom. The zero-order chi connectivity index (χ0) is 12.1.